The fourth-order valence-corrected chi connectivity index (χ4v) is 3.46. The van der Waals surface area contributed by atoms with Crippen molar-refractivity contribution >= 4 is 11.8 Å². The molecule has 2 amide bonds. The summed E-state index contributed by atoms with van der Waals surface area (Å²) >= 11 is 0. The van der Waals surface area contributed by atoms with Crippen molar-refractivity contribution < 1.29 is 14.3 Å². The van der Waals surface area contributed by atoms with Gasteiger partial charge in [0.25, 0.3) is 5.91 Å². The molecule has 1 aromatic rings. The number of hydrogen-bond donors (Lipinski definition) is 0. The molecule has 1 aliphatic heterocycles. The molecule has 1 aromatic carbocycles. The molecule has 0 atom stereocenters. The average molecular weight is 330 g/mol. The van der Waals surface area contributed by atoms with E-state index in [2.05, 4.69) is 0 Å². The van der Waals surface area contributed by atoms with E-state index in [-0.39, 0.29) is 17.7 Å². The lowest BCUT2D eigenvalue weighted by atomic mass is 9.84. The van der Waals surface area contributed by atoms with Gasteiger partial charge < -0.3 is 14.5 Å². The van der Waals surface area contributed by atoms with Gasteiger partial charge in [-0.15, -0.1) is 0 Å². The first kappa shape index (κ1) is 16.8. The Morgan fingerprint density at radius 3 is 2.17 bits per heavy atom. The highest BCUT2D eigenvalue weighted by atomic mass is 16.5. The van der Waals surface area contributed by atoms with Crippen molar-refractivity contribution in [3.8, 4) is 5.75 Å². The molecule has 0 bridgehead atoms. The summed E-state index contributed by atoms with van der Waals surface area (Å²) in [6, 6.07) is 3.70. The maximum Gasteiger partial charge on any atom is 0.254 e. The average Bonchev–Trinajstić information content (AvgIpc) is 2.55. The topological polar surface area (TPSA) is 49.9 Å². The summed E-state index contributed by atoms with van der Waals surface area (Å²) in [6.45, 7) is 6.45. The summed E-state index contributed by atoms with van der Waals surface area (Å²) < 4.78 is 5.32. The molecule has 5 nitrogen and oxygen atoms in total. The van der Waals surface area contributed by atoms with Crippen molar-refractivity contribution in [1.82, 2.24) is 9.80 Å². The third-order valence-electron chi connectivity index (χ3n) is 5.52. The third-order valence-corrected chi connectivity index (χ3v) is 5.52. The SMILES string of the molecule is COc1ccc(C(=O)N2CCN(C(=O)C3CCC3)CC2)c(C)c1C. The van der Waals surface area contributed by atoms with E-state index in [0.717, 1.165) is 35.3 Å². The van der Waals surface area contributed by atoms with Crippen LogP contribution in [0.3, 0.4) is 0 Å². The quantitative estimate of drug-likeness (QED) is 0.855. The second kappa shape index (κ2) is 6.83. The van der Waals surface area contributed by atoms with Crippen LogP contribution in [0.5, 0.6) is 5.75 Å². The largest absolute Gasteiger partial charge is 0.496 e. The van der Waals surface area contributed by atoms with Gasteiger partial charge >= 0.3 is 0 Å². The number of rotatable bonds is 3. The Bertz CT molecular complexity index is 644. The Morgan fingerprint density at radius 1 is 1.00 bits per heavy atom. The number of nitrogens with zero attached hydrogens (tertiary/aromatic N) is 2. The van der Waals surface area contributed by atoms with Gasteiger partial charge in [-0.3, -0.25) is 9.59 Å². The summed E-state index contributed by atoms with van der Waals surface area (Å²) in [4.78, 5) is 28.9. The number of hydrogen-bond acceptors (Lipinski definition) is 3. The summed E-state index contributed by atoms with van der Waals surface area (Å²) in [7, 11) is 1.64. The number of carbonyl (C=O) groups excluding carboxylic acids is 2. The molecular weight excluding hydrogens is 304 g/mol. The molecule has 1 saturated carbocycles. The third kappa shape index (κ3) is 2.99. The Balaban J connectivity index is 1.65. The second-order valence-corrected chi connectivity index (χ2v) is 6.81. The standard InChI is InChI=1S/C19H26N2O3/c1-13-14(2)17(24-3)8-7-16(13)19(23)21-11-9-20(10-12-21)18(22)15-5-4-6-15/h7-8,15H,4-6,9-12H2,1-3H3. The highest BCUT2D eigenvalue weighted by molar-refractivity contribution is 5.96. The van der Waals surface area contributed by atoms with Crippen molar-refractivity contribution in [3.05, 3.63) is 28.8 Å². The van der Waals surface area contributed by atoms with Crippen molar-refractivity contribution in [3.63, 3.8) is 0 Å². The van der Waals surface area contributed by atoms with Crippen LogP contribution < -0.4 is 4.74 Å². The maximum atomic E-state index is 12.8. The minimum absolute atomic E-state index is 0.0500. The summed E-state index contributed by atoms with van der Waals surface area (Å²) in [5.74, 6) is 1.37. The molecule has 0 radical (unpaired) electrons. The molecule has 130 valence electrons. The van der Waals surface area contributed by atoms with E-state index < -0.39 is 0 Å². The van der Waals surface area contributed by atoms with Gasteiger partial charge in [0.15, 0.2) is 0 Å². The molecule has 3 rings (SSSR count). The number of carbonyl (C=O) groups is 2. The van der Waals surface area contributed by atoms with Crippen LogP contribution in [0.1, 0.15) is 40.7 Å². The van der Waals surface area contributed by atoms with Crippen LogP contribution in [0, 0.1) is 19.8 Å². The van der Waals surface area contributed by atoms with Gasteiger partial charge in [0, 0.05) is 37.7 Å². The zero-order valence-electron chi connectivity index (χ0n) is 14.8. The molecule has 1 heterocycles. The summed E-state index contributed by atoms with van der Waals surface area (Å²) in [5.41, 5.74) is 2.70. The van der Waals surface area contributed by atoms with Crippen LogP contribution in [0.2, 0.25) is 0 Å². The lowest BCUT2D eigenvalue weighted by Gasteiger charge is -2.38. The van der Waals surface area contributed by atoms with Crippen LogP contribution in [-0.2, 0) is 4.79 Å². The minimum atomic E-state index is 0.0500. The highest BCUT2D eigenvalue weighted by Crippen LogP contribution is 2.29. The van der Waals surface area contributed by atoms with Gasteiger partial charge in [-0.2, -0.15) is 0 Å². The van der Waals surface area contributed by atoms with Gasteiger partial charge in [-0.1, -0.05) is 6.42 Å². The number of amides is 2. The number of piperazine rings is 1. The molecule has 2 fully saturated rings. The van der Waals surface area contributed by atoms with Crippen LogP contribution in [-0.4, -0.2) is 54.9 Å². The van der Waals surface area contributed by atoms with Gasteiger partial charge in [0.05, 0.1) is 7.11 Å². The summed E-state index contributed by atoms with van der Waals surface area (Å²) in [6.07, 6.45) is 3.23. The van der Waals surface area contributed by atoms with E-state index >= 15 is 0 Å². The summed E-state index contributed by atoms with van der Waals surface area (Å²) in [5, 5.41) is 0. The fourth-order valence-electron chi connectivity index (χ4n) is 3.46. The van der Waals surface area contributed by atoms with Crippen LogP contribution >= 0.6 is 0 Å². The predicted molar refractivity (Wildman–Crippen MR) is 92.3 cm³/mol. The van der Waals surface area contributed by atoms with E-state index in [9.17, 15) is 9.59 Å². The molecule has 0 N–H and O–H groups in total. The van der Waals surface area contributed by atoms with Gasteiger partial charge in [-0.25, -0.2) is 0 Å². The Kier molecular flexibility index (Phi) is 4.78. The van der Waals surface area contributed by atoms with E-state index in [0.29, 0.717) is 26.2 Å². The van der Waals surface area contributed by atoms with Crippen molar-refractivity contribution in [1.29, 1.82) is 0 Å². The molecule has 24 heavy (non-hydrogen) atoms. The van der Waals surface area contributed by atoms with Crippen molar-refractivity contribution in [2.45, 2.75) is 33.1 Å². The first-order valence-corrected chi connectivity index (χ1v) is 8.75. The molecular formula is C19H26N2O3. The first-order chi connectivity index (χ1) is 11.5. The molecule has 1 saturated heterocycles. The molecule has 0 spiro atoms. The van der Waals surface area contributed by atoms with Crippen molar-refractivity contribution in [2.24, 2.45) is 5.92 Å². The molecule has 5 heteroatoms. The predicted octanol–water partition coefficient (Wildman–Crippen LogP) is 2.40. The lowest BCUT2D eigenvalue weighted by Crippen LogP contribution is -2.52. The Hall–Kier alpha value is -2.04. The van der Waals surface area contributed by atoms with Crippen molar-refractivity contribution in [2.75, 3.05) is 33.3 Å². The molecule has 0 unspecified atom stereocenters. The highest BCUT2D eigenvalue weighted by Gasteiger charge is 2.32. The van der Waals surface area contributed by atoms with Gasteiger partial charge in [-0.05, 0) is 49.9 Å². The zero-order chi connectivity index (χ0) is 17.3. The van der Waals surface area contributed by atoms with E-state index in [1.54, 1.807) is 7.11 Å². The smallest absolute Gasteiger partial charge is 0.254 e. The van der Waals surface area contributed by atoms with Gasteiger partial charge in [0.2, 0.25) is 5.91 Å². The molecule has 1 aliphatic carbocycles. The van der Waals surface area contributed by atoms with Crippen LogP contribution in [0.25, 0.3) is 0 Å². The lowest BCUT2D eigenvalue weighted by molar-refractivity contribution is -0.139. The molecule has 2 aliphatic rings. The normalized spacial score (nSPS) is 18.3. The fraction of sp³-hybridized carbons (Fsp3) is 0.579. The van der Waals surface area contributed by atoms with E-state index in [4.69, 9.17) is 4.74 Å². The van der Waals surface area contributed by atoms with E-state index in [1.165, 1.54) is 6.42 Å². The first-order valence-electron chi connectivity index (χ1n) is 8.75. The Morgan fingerprint density at radius 2 is 1.62 bits per heavy atom. The van der Waals surface area contributed by atoms with Crippen LogP contribution in [0.15, 0.2) is 12.1 Å². The van der Waals surface area contributed by atoms with Gasteiger partial charge in [0.1, 0.15) is 5.75 Å². The monoisotopic (exact) mass is 330 g/mol. The van der Waals surface area contributed by atoms with E-state index in [1.807, 2.05) is 35.8 Å². The number of methoxy groups -OCH3 is 1. The maximum absolute atomic E-state index is 12.8. The zero-order valence-corrected chi connectivity index (χ0v) is 14.8. The molecule has 0 aromatic heterocycles. The number of benzene rings is 1. The Labute approximate surface area is 143 Å². The number of ether oxygens (including phenoxy) is 1. The second-order valence-electron chi connectivity index (χ2n) is 6.81. The van der Waals surface area contributed by atoms with Crippen LogP contribution in [0.4, 0.5) is 0 Å². The minimum Gasteiger partial charge on any atom is -0.496 e.